The van der Waals surface area contributed by atoms with Crippen LogP contribution in [0.3, 0.4) is 0 Å². The lowest BCUT2D eigenvalue weighted by molar-refractivity contribution is -0.153. The molecular formula is C15H19N3O4. The van der Waals surface area contributed by atoms with E-state index in [1.165, 1.54) is 14.2 Å². The standard InChI is InChI=1S/C15H19N3O4/c1-5-12-16-17-13(22-12)10-6-8-11(9-7-10)15(2,20-3)14(19)18-21-4/h6-9H,5H2,1-4H3,(H,18,19). The van der Waals surface area contributed by atoms with Gasteiger partial charge in [0.2, 0.25) is 11.8 Å². The maximum Gasteiger partial charge on any atom is 0.280 e. The smallest absolute Gasteiger partial charge is 0.280 e. The normalized spacial score (nSPS) is 13.6. The molecule has 0 bridgehead atoms. The van der Waals surface area contributed by atoms with Crippen molar-refractivity contribution in [1.29, 1.82) is 0 Å². The second-order valence-electron chi connectivity index (χ2n) is 4.80. The van der Waals surface area contributed by atoms with Gasteiger partial charge < -0.3 is 9.15 Å². The monoisotopic (exact) mass is 305 g/mol. The van der Waals surface area contributed by atoms with Crippen molar-refractivity contribution in [2.45, 2.75) is 25.9 Å². The first-order valence-corrected chi connectivity index (χ1v) is 6.87. The summed E-state index contributed by atoms with van der Waals surface area (Å²) >= 11 is 0. The van der Waals surface area contributed by atoms with E-state index in [0.29, 0.717) is 23.8 Å². The molecule has 1 aromatic carbocycles. The first-order valence-electron chi connectivity index (χ1n) is 6.87. The highest BCUT2D eigenvalue weighted by Gasteiger charge is 2.35. The summed E-state index contributed by atoms with van der Waals surface area (Å²) in [5.74, 6) is 0.639. The first-order chi connectivity index (χ1) is 10.5. The Labute approximate surface area is 128 Å². The molecule has 1 heterocycles. The van der Waals surface area contributed by atoms with Gasteiger partial charge in [-0.3, -0.25) is 9.63 Å². The zero-order chi connectivity index (χ0) is 16.2. The van der Waals surface area contributed by atoms with Gasteiger partial charge in [0, 0.05) is 19.1 Å². The summed E-state index contributed by atoms with van der Waals surface area (Å²) in [5, 5.41) is 7.92. The number of aryl methyl sites for hydroxylation is 1. The fourth-order valence-electron chi connectivity index (χ4n) is 1.98. The van der Waals surface area contributed by atoms with E-state index in [1.54, 1.807) is 31.2 Å². The van der Waals surface area contributed by atoms with Crippen LogP contribution in [0.15, 0.2) is 28.7 Å². The van der Waals surface area contributed by atoms with Crippen LogP contribution in [0.5, 0.6) is 0 Å². The van der Waals surface area contributed by atoms with Crippen LogP contribution in [-0.4, -0.2) is 30.3 Å². The fourth-order valence-corrected chi connectivity index (χ4v) is 1.98. The Morgan fingerprint density at radius 3 is 2.45 bits per heavy atom. The largest absolute Gasteiger partial charge is 0.421 e. The number of hydrogen-bond acceptors (Lipinski definition) is 6. The predicted octanol–water partition coefficient (Wildman–Crippen LogP) is 1.84. The minimum absolute atomic E-state index is 0.392. The molecule has 0 radical (unpaired) electrons. The Morgan fingerprint density at radius 1 is 1.27 bits per heavy atom. The Hall–Kier alpha value is -2.25. The Bertz CT molecular complexity index is 638. The summed E-state index contributed by atoms with van der Waals surface area (Å²) in [7, 11) is 2.84. The SMILES string of the molecule is CCc1nnc(-c2ccc(C(C)(OC)C(=O)NOC)cc2)o1. The van der Waals surface area contributed by atoms with Gasteiger partial charge in [0.15, 0.2) is 5.60 Å². The van der Waals surface area contributed by atoms with E-state index < -0.39 is 11.5 Å². The molecule has 0 saturated carbocycles. The van der Waals surface area contributed by atoms with Crippen molar-refractivity contribution < 1.29 is 18.8 Å². The number of carbonyl (C=O) groups excluding carboxylic acids is 1. The zero-order valence-corrected chi connectivity index (χ0v) is 13.0. The summed E-state index contributed by atoms with van der Waals surface area (Å²) in [4.78, 5) is 16.8. The quantitative estimate of drug-likeness (QED) is 0.819. The molecular weight excluding hydrogens is 286 g/mol. The minimum Gasteiger partial charge on any atom is -0.421 e. The number of rotatable bonds is 6. The topological polar surface area (TPSA) is 86.5 Å². The van der Waals surface area contributed by atoms with Crippen molar-refractivity contribution in [3.8, 4) is 11.5 Å². The summed E-state index contributed by atoms with van der Waals surface area (Å²) in [6.07, 6.45) is 0.685. The van der Waals surface area contributed by atoms with Crippen LogP contribution < -0.4 is 5.48 Å². The average Bonchev–Trinajstić information content (AvgIpc) is 3.03. The lowest BCUT2D eigenvalue weighted by Crippen LogP contribution is -2.43. The third-order valence-corrected chi connectivity index (χ3v) is 3.49. The molecule has 1 unspecified atom stereocenters. The van der Waals surface area contributed by atoms with Crippen LogP contribution in [0.2, 0.25) is 0 Å². The molecule has 1 amide bonds. The maximum absolute atomic E-state index is 12.1. The molecule has 1 atom stereocenters. The minimum atomic E-state index is -1.15. The highest BCUT2D eigenvalue weighted by Crippen LogP contribution is 2.27. The van der Waals surface area contributed by atoms with E-state index in [2.05, 4.69) is 20.5 Å². The molecule has 2 rings (SSSR count). The maximum atomic E-state index is 12.1. The third kappa shape index (κ3) is 3.00. The molecule has 7 nitrogen and oxygen atoms in total. The molecule has 0 spiro atoms. The second-order valence-corrected chi connectivity index (χ2v) is 4.80. The van der Waals surface area contributed by atoms with Crippen molar-refractivity contribution in [3.63, 3.8) is 0 Å². The van der Waals surface area contributed by atoms with Gasteiger partial charge in [-0.25, -0.2) is 5.48 Å². The molecule has 2 aromatic rings. The van der Waals surface area contributed by atoms with Crippen LogP contribution in [-0.2, 0) is 26.4 Å². The highest BCUT2D eigenvalue weighted by atomic mass is 16.6. The van der Waals surface area contributed by atoms with Crippen molar-refractivity contribution in [2.24, 2.45) is 0 Å². The zero-order valence-electron chi connectivity index (χ0n) is 13.0. The van der Waals surface area contributed by atoms with Gasteiger partial charge in [-0.1, -0.05) is 19.1 Å². The number of hydroxylamine groups is 1. The predicted molar refractivity (Wildman–Crippen MR) is 78.6 cm³/mol. The molecule has 0 aliphatic heterocycles. The number of aromatic nitrogens is 2. The summed E-state index contributed by atoms with van der Waals surface area (Å²) in [6, 6.07) is 7.17. The lowest BCUT2D eigenvalue weighted by Gasteiger charge is -2.26. The van der Waals surface area contributed by atoms with Gasteiger partial charge in [-0.05, 0) is 24.6 Å². The average molecular weight is 305 g/mol. The van der Waals surface area contributed by atoms with Gasteiger partial charge in [-0.15, -0.1) is 10.2 Å². The molecule has 0 fully saturated rings. The van der Waals surface area contributed by atoms with Gasteiger partial charge in [0.25, 0.3) is 5.91 Å². The molecule has 1 N–H and O–H groups in total. The van der Waals surface area contributed by atoms with E-state index in [1.807, 2.05) is 6.92 Å². The summed E-state index contributed by atoms with van der Waals surface area (Å²) in [5.41, 5.74) is 2.60. The van der Waals surface area contributed by atoms with Crippen LogP contribution in [0.4, 0.5) is 0 Å². The number of nitrogens with zero attached hydrogens (tertiary/aromatic N) is 2. The molecule has 118 valence electrons. The lowest BCUT2D eigenvalue weighted by atomic mass is 9.94. The van der Waals surface area contributed by atoms with Crippen LogP contribution in [0, 0.1) is 0 Å². The molecule has 0 aliphatic carbocycles. The number of carbonyl (C=O) groups is 1. The molecule has 1 aromatic heterocycles. The van der Waals surface area contributed by atoms with E-state index in [-0.39, 0.29) is 0 Å². The van der Waals surface area contributed by atoms with Crippen LogP contribution in [0.25, 0.3) is 11.5 Å². The highest BCUT2D eigenvalue weighted by molar-refractivity contribution is 5.85. The van der Waals surface area contributed by atoms with Crippen LogP contribution >= 0.6 is 0 Å². The number of methoxy groups -OCH3 is 1. The number of ether oxygens (including phenoxy) is 1. The fraction of sp³-hybridized carbons (Fsp3) is 0.400. The van der Waals surface area contributed by atoms with Gasteiger partial charge in [0.05, 0.1) is 7.11 Å². The number of nitrogens with one attached hydrogen (secondary N) is 1. The van der Waals surface area contributed by atoms with E-state index in [0.717, 1.165) is 5.56 Å². The van der Waals surface area contributed by atoms with Crippen molar-refractivity contribution in [1.82, 2.24) is 15.7 Å². The van der Waals surface area contributed by atoms with Gasteiger partial charge in [0.1, 0.15) is 0 Å². The third-order valence-electron chi connectivity index (χ3n) is 3.49. The van der Waals surface area contributed by atoms with E-state index in [9.17, 15) is 4.79 Å². The Balaban J connectivity index is 2.28. The molecule has 0 saturated heterocycles. The summed E-state index contributed by atoms with van der Waals surface area (Å²) in [6.45, 7) is 3.61. The molecule has 0 aliphatic rings. The first kappa shape index (κ1) is 16.1. The number of hydrogen-bond donors (Lipinski definition) is 1. The number of amides is 1. The van der Waals surface area contributed by atoms with E-state index >= 15 is 0 Å². The van der Waals surface area contributed by atoms with Crippen LogP contribution in [0.1, 0.15) is 25.3 Å². The van der Waals surface area contributed by atoms with E-state index in [4.69, 9.17) is 9.15 Å². The van der Waals surface area contributed by atoms with Crippen molar-refractivity contribution in [2.75, 3.05) is 14.2 Å². The second kappa shape index (κ2) is 6.67. The van der Waals surface area contributed by atoms with Crippen molar-refractivity contribution in [3.05, 3.63) is 35.7 Å². The molecule has 7 heteroatoms. The van der Waals surface area contributed by atoms with Gasteiger partial charge >= 0.3 is 0 Å². The Kier molecular flexibility index (Phi) is 4.89. The summed E-state index contributed by atoms with van der Waals surface area (Å²) < 4.78 is 10.9. The number of benzene rings is 1. The van der Waals surface area contributed by atoms with Gasteiger partial charge in [-0.2, -0.15) is 0 Å². The molecule has 22 heavy (non-hydrogen) atoms. The van der Waals surface area contributed by atoms with Crippen molar-refractivity contribution >= 4 is 5.91 Å². The Morgan fingerprint density at radius 2 is 1.95 bits per heavy atom.